The number of para-hydroxylation sites is 1. The van der Waals surface area contributed by atoms with E-state index in [4.69, 9.17) is 0 Å². The van der Waals surface area contributed by atoms with Crippen molar-refractivity contribution in [1.82, 2.24) is 10.6 Å². The van der Waals surface area contributed by atoms with Gasteiger partial charge in [-0.1, -0.05) is 24.3 Å². The van der Waals surface area contributed by atoms with Crippen LogP contribution in [-0.2, 0) is 10.0 Å². The van der Waals surface area contributed by atoms with Crippen molar-refractivity contribution in [3.05, 3.63) is 59.2 Å². The predicted octanol–water partition coefficient (Wildman–Crippen LogP) is 2.48. The molecule has 0 unspecified atom stereocenters. The van der Waals surface area contributed by atoms with Crippen LogP contribution in [0.2, 0.25) is 0 Å². The fourth-order valence-corrected chi connectivity index (χ4v) is 3.89. The van der Waals surface area contributed by atoms with Crippen molar-refractivity contribution in [2.45, 2.75) is 18.7 Å². The maximum atomic E-state index is 12.7. The summed E-state index contributed by atoms with van der Waals surface area (Å²) in [5.74, 6) is 0.191. The third-order valence-corrected chi connectivity index (χ3v) is 5.93. The van der Waals surface area contributed by atoms with E-state index in [1.807, 2.05) is 19.1 Å². The van der Waals surface area contributed by atoms with Gasteiger partial charge in [-0.05, 0) is 43.2 Å². The molecule has 2 aromatic carbocycles. The van der Waals surface area contributed by atoms with Crippen LogP contribution in [-0.4, -0.2) is 34.0 Å². The number of carbonyl (C=O) groups is 1. The van der Waals surface area contributed by atoms with E-state index >= 15 is 0 Å². The quantitative estimate of drug-likeness (QED) is 0.684. The Hall–Kier alpha value is -2.09. The summed E-state index contributed by atoms with van der Waals surface area (Å²) < 4.78 is 28.0. The van der Waals surface area contributed by atoms with Gasteiger partial charge in [0.25, 0.3) is 15.9 Å². The number of benzene rings is 2. The minimum Gasteiger partial charge on any atom is -0.352 e. The Kier molecular flexibility index (Phi) is 6.86. The van der Waals surface area contributed by atoms with Gasteiger partial charge in [0, 0.05) is 31.1 Å². The normalized spacial score (nSPS) is 14.0. The largest absolute Gasteiger partial charge is 0.352 e. The second-order valence-electron chi connectivity index (χ2n) is 6.63. The Balaban J connectivity index is 0.00000261. The molecule has 8 heteroatoms. The van der Waals surface area contributed by atoms with Gasteiger partial charge in [0.15, 0.2) is 0 Å². The molecule has 0 aliphatic carbocycles. The van der Waals surface area contributed by atoms with Crippen molar-refractivity contribution >= 4 is 34.0 Å². The van der Waals surface area contributed by atoms with Crippen molar-refractivity contribution in [1.29, 1.82) is 0 Å². The highest BCUT2D eigenvalue weighted by molar-refractivity contribution is 7.92. The fraction of sp³-hybridized carbons (Fsp3) is 0.316. The molecular weight excluding hydrogens is 386 g/mol. The molecule has 1 heterocycles. The summed E-state index contributed by atoms with van der Waals surface area (Å²) in [7, 11) is -3.77. The minimum absolute atomic E-state index is 0. The minimum atomic E-state index is -3.77. The van der Waals surface area contributed by atoms with Crippen molar-refractivity contribution in [3.8, 4) is 0 Å². The van der Waals surface area contributed by atoms with Crippen LogP contribution in [0.1, 0.15) is 21.5 Å². The highest BCUT2D eigenvalue weighted by Gasteiger charge is 2.21. The first-order valence-electron chi connectivity index (χ1n) is 8.55. The van der Waals surface area contributed by atoms with Crippen molar-refractivity contribution < 1.29 is 13.2 Å². The van der Waals surface area contributed by atoms with Gasteiger partial charge in [-0.2, -0.15) is 0 Å². The molecular formula is C19H24ClN3O3S. The zero-order chi connectivity index (χ0) is 18.7. The van der Waals surface area contributed by atoms with Crippen LogP contribution >= 0.6 is 12.4 Å². The van der Waals surface area contributed by atoms with Gasteiger partial charge >= 0.3 is 0 Å². The number of anilines is 1. The lowest BCUT2D eigenvalue weighted by molar-refractivity contribution is 0.0941. The summed E-state index contributed by atoms with van der Waals surface area (Å²) in [5.41, 5.74) is 2.47. The number of nitrogens with one attached hydrogen (secondary N) is 3. The van der Waals surface area contributed by atoms with E-state index in [1.165, 1.54) is 12.1 Å². The smallest absolute Gasteiger partial charge is 0.261 e. The second-order valence-corrected chi connectivity index (χ2v) is 8.31. The summed E-state index contributed by atoms with van der Waals surface area (Å²) in [6.07, 6.45) is 0. The molecule has 27 heavy (non-hydrogen) atoms. The molecule has 1 aliphatic heterocycles. The van der Waals surface area contributed by atoms with Gasteiger partial charge in [0.05, 0.1) is 10.6 Å². The molecule has 1 aliphatic rings. The lowest BCUT2D eigenvalue weighted by atomic mass is 10.0. The lowest BCUT2D eigenvalue weighted by Gasteiger charge is -2.27. The Morgan fingerprint density at radius 1 is 1.11 bits per heavy atom. The first kappa shape index (κ1) is 21.2. The average molecular weight is 410 g/mol. The van der Waals surface area contributed by atoms with Crippen LogP contribution in [0.15, 0.2) is 47.4 Å². The average Bonchev–Trinajstić information content (AvgIpc) is 2.55. The lowest BCUT2D eigenvalue weighted by Crippen LogP contribution is -2.48. The number of aryl methyl sites for hydroxylation is 2. The maximum Gasteiger partial charge on any atom is 0.261 e. The zero-order valence-corrected chi connectivity index (χ0v) is 16.9. The molecule has 1 fully saturated rings. The Morgan fingerprint density at radius 2 is 1.81 bits per heavy atom. The molecule has 3 N–H and O–H groups in total. The van der Waals surface area contributed by atoms with Gasteiger partial charge in [-0.3, -0.25) is 9.52 Å². The van der Waals surface area contributed by atoms with E-state index in [2.05, 4.69) is 15.4 Å². The van der Waals surface area contributed by atoms with Gasteiger partial charge in [-0.25, -0.2) is 8.42 Å². The van der Waals surface area contributed by atoms with Gasteiger partial charge in [-0.15, -0.1) is 12.4 Å². The number of sulfonamides is 1. The van der Waals surface area contributed by atoms with Crippen LogP contribution in [0.4, 0.5) is 5.69 Å². The van der Waals surface area contributed by atoms with E-state index in [0.29, 0.717) is 23.7 Å². The summed E-state index contributed by atoms with van der Waals surface area (Å²) in [6, 6.07) is 11.8. The second kappa shape index (κ2) is 8.73. The number of hydrogen-bond acceptors (Lipinski definition) is 4. The number of amides is 1. The fourth-order valence-electron chi connectivity index (χ4n) is 2.73. The summed E-state index contributed by atoms with van der Waals surface area (Å²) >= 11 is 0. The molecule has 2 aromatic rings. The molecule has 0 radical (unpaired) electrons. The SMILES string of the molecule is Cc1ccccc1NS(=O)(=O)c1ccc(C)c(C(=O)NCC2CNC2)c1.Cl. The Labute approximate surface area is 166 Å². The van der Waals surface area contributed by atoms with Crippen molar-refractivity contribution in [2.24, 2.45) is 5.92 Å². The van der Waals surface area contributed by atoms with Gasteiger partial charge in [0.1, 0.15) is 0 Å². The number of hydrogen-bond donors (Lipinski definition) is 3. The van der Waals surface area contributed by atoms with Crippen LogP contribution in [0.25, 0.3) is 0 Å². The van der Waals surface area contributed by atoms with E-state index in [0.717, 1.165) is 24.2 Å². The van der Waals surface area contributed by atoms with Gasteiger partial charge < -0.3 is 10.6 Å². The molecule has 0 atom stereocenters. The van der Waals surface area contributed by atoms with E-state index in [-0.39, 0.29) is 23.2 Å². The van der Waals surface area contributed by atoms with Crippen LogP contribution in [0, 0.1) is 19.8 Å². The molecule has 0 spiro atoms. The molecule has 6 nitrogen and oxygen atoms in total. The number of carbonyl (C=O) groups excluding carboxylic acids is 1. The topological polar surface area (TPSA) is 87.3 Å². The zero-order valence-electron chi connectivity index (χ0n) is 15.3. The van der Waals surface area contributed by atoms with E-state index in [1.54, 1.807) is 25.1 Å². The van der Waals surface area contributed by atoms with Crippen molar-refractivity contribution in [2.75, 3.05) is 24.4 Å². The summed E-state index contributed by atoms with van der Waals surface area (Å²) in [4.78, 5) is 12.5. The van der Waals surface area contributed by atoms with Crippen LogP contribution < -0.4 is 15.4 Å². The molecule has 146 valence electrons. The predicted molar refractivity (Wildman–Crippen MR) is 109 cm³/mol. The molecule has 0 bridgehead atoms. The van der Waals surface area contributed by atoms with Crippen LogP contribution in [0.5, 0.6) is 0 Å². The summed E-state index contributed by atoms with van der Waals surface area (Å²) in [5, 5.41) is 6.04. The monoisotopic (exact) mass is 409 g/mol. The first-order valence-corrected chi connectivity index (χ1v) is 10.0. The standard InChI is InChI=1S/C19H23N3O3S.ClH/c1-13-7-8-16(9-17(13)19(23)21-12-15-10-20-11-15)26(24,25)22-18-6-4-3-5-14(18)2;/h3-9,15,20,22H,10-12H2,1-2H3,(H,21,23);1H. The third kappa shape index (κ3) is 5.00. The highest BCUT2D eigenvalue weighted by Crippen LogP contribution is 2.21. The number of halogens is 1. The number of rotatable bonds is 6. The molecule has 0 saturated carbocycles. The Morgan fingerprint density at radius 3 is 2.44 bits per heavy atom. The molecule has 3 rings (SSSR count). The van der Waals surface area contributed by atoms with Crippen molar-refractivity contribution in [3.63, 3.8) is 0 Å². The van der Waals surface area contributed by atoms with E-state index in [9.17, 15) is 13.2 Å². The van der Waals surface area contributed by atoms with E-state index < -0.39 is 10.0 Å². The van der Waals surface area contributed by atoms with Crippen LogP contribution in [0.3, 0.4) is 0 Å². The Bertz CT molecular complexity index is 928. The summed E-state index contributed by atoms with van der Waals surface area (Å²) in [6.45, 7) is 6.01. The molecule has 0 aromatic heterocycles. The molecule has 1 amide bonds. The first-order chi connectivity index (χ1) is 12.4. The van der Waals surface area contributed by atoms with Gasteiger partial charge in [0.2, 0.25) is 0 Å². The third-order valence-electron chi connectivity index (χ3n) is 4.57. The highest BCUT2D eigenvalue weighted by atomic mass is 35.5. The molecule has 1 saturated heterocycles. The maximum absolute atomic E-state index is 12.7.